The van der Waals surface area contributed by atoms with Crippen molar-refractivity contribution >= 4 is 22.0 Å². The van der Waals surface area contributed by atoms with E-state index in [0.29, 0.717) is 0 Å². The molecule has 0 atom stereocenters. The summed E-state index contributed by atoms with van der Waals surface area (Å²) in [6.45, 7) is 2.24. The topological polar surface area (TPSA) is 21.3 Å². The van der Waals surface area contributed by atoms with Gasteiger partial charge in [0.25, 0.3) is 0 Å². The van der Waals surface area contributed by atoms with Crippen LogP contribution in [0.15, 0.2) is 28.2 Å². The molecule has 1 N–H and O–H groups in total. The van der Waals surface area contributed by atoms with Gasteiger partial charge in [-0.3, -0.25) is 0 Å². The van der Waals surface area contributed by atoms with E-state index in [2.05, 4.69) is 39.5 Å². The van der Waals surface area contributed by atoms with Crippen molar-refractivity contribution in [1.29, 1.82) is 0 Å². The molecule has 0 saturated carbocycles. The Kier molecular flexibility index (Phi) is 4.63. The maximum Gasteiger partial charge on any atom is 0.133 e. The minimum absolute atomic E-state index is 0.884. The van der Waals surface area contributed by atoms with Crippen LogP contribution in [0.1, 0.15) is 24.8 Å². The third-order valence-corrected chi connectivity index (χ3v) is 3.64. The minimum atomic E-state index is 0.884. The Bertz CT molecular complexity index is 405. The molecular weight excluding hydrogens is 278 g/mol. The van der Waals surface area contributed by atoms with E-state index in [9.17, 15) is 0 Å². The molecule has 2 nitrogen and oxygen atoms in total. The Balaban J connectivity index is 2.16. The highest BCUT2D eigenvalue weighted by atomic mass is 79.9. The molecule has 17 heavy (non-hydrogen) atoms. The quantitative estimate of drug-likeness (QED) is 0.900. The van der Waals surface area contributed by atoms with Crippen LogP contribution in [-0.4, -0.2) is 20.2 Å². The summed E-state index contributed by atoms with van der Waals surface area (Å²) in [5.74, 6) is 0.884. The summed E-state index contributed by atoms with van der Waals surface area (Å²) in [6.07, 6.45) is 5.90. The van der Waals surface area contributed by atoms with Gasteiger partial charge in [-0.1, -0.05) is 17.7 Å². The van der Waals surface area contributed by atoms with Crippen LogP contribution in [-0.2, 0) is 0 Å². The highest BCUT2D eigenvalue weighted by molar-refractivity contribution is 9.10. The van der Waals surface area contributed by atoms with Gasteiger partial charge < -0.3 is 10.1 Å². The zero-order chi connectivity index (χ0) is 12.1. The first-order valence-electron chi connectivity index (χ1n) is 6.03. The van der Waals surface area contributed by atoms with Crippen molar-refractivity contribution in [2.24, 2.45) is 0 Å². The molecule has 0 bridgehead atoms. The van der Waals surface area contributed by atoms with Gasteiger partial charge in [-0.15, -0.1) is 0 Å². The van der Waals surface area contributed by atoms with Crippen LogP contribution < -0.4 is 10.1 Å². The van der Waals surface area contributed by atoms with E-state index >= 15 is 0 Å². The number of ether oxygens (including phenoxy) is 1. The molecule has 1 heterocycles. The first-order chi connectivity index (χ1) is 8.29. The second kappa shape index (κ2) is 6.22. The van der Waals surface area contributed by atoms with Crippen LogP contribution in [0.3, 0.4) is 0 Å². The first kappa shape index (κ1) is 12.7. The summed E-state index contributed by atoms with van der Waals surface area (Å²) in [5.41, 5.74) is 2.78. The average Bonchev–Trinajstić information content (AvgIpc) is 2.58. The van der Waals surface area contributed by atoms with Gasteiger partial charge in [-0.25, -0.2) is 0 Å². The van der Waals surface area contributed by atoms with E-state index in [1.807, 2.05) is 6.07 Å². The van der Waals surface area contributed by atoms with Gasteiger partial charge in [0.05, 0.1) is 11.6 Å². The molecule has 1 saturated heterocycles. The Morgan fingerprint density at radius 2 is 2.18 bits per heavy atom. The molecule has 92 valence electrons. The number of halogens is 1. The molecule has 1 aliphatic heterocycles. The van der Waals surface area contributed by atoms with Gasteiger partial charge in [-0.05, 0) is 66.0 Å². The van der Waals surface area contributed by atoms with E-state index < -0.39 is 0 Å². The maximum absolute atomic E-state index is 5.23. The third kappa shape index (κ3) is 3.58. The van der Waals surface area contributed by atoms with Crippen molar-refractivity contribution in [2.45, 2.75) is 19.3 Å². The van der Waals surface area contributed by atoms with Gasteiger partial charge >= 0.3 is 0 Å². The lowest BCUT2D eigenvalue weighted by atomic mass is 10.0. The van der Waals surface area contributed by atoms with Crippen LogP contribution >= 0.6 is 15.9 Å². The fourth-order valence-corrected chi connectivity index (χ4v) is 2.65. The highest BCUT2D eigenvalue weighted by Gasteiger charge is 2.05. The minimum Gasteiger partial charge on any atom is -0.496 e. The molecule has 1 aromatic rings. The van der Waals surface area contributed by atoms with Crippen molar-refractivity contribution in [2.75, 3.05) is 20.2 Å². The third-order valence-electron chi connectivity index (χ3n) is 3.02. The SMILES string of the molecule is COc1ccc(/C=C2/CCCNCC2)cc1Br. The summed E-state index contributed by atoms with van der Waals surface area (Å²) in [4.78, 5) is 0. The molecule has 2 rings (SSSR count). The largest absolute Gasteiger partial charge is 0.496 e. The van der Waals surface area contributed by atoms with Crippen molar-refractivity contribution in [3.8, 4) is 5.75 Å². The summed E-state index contributed by atoms with van der Waals surface area (Å²) < 4.78 is 6.25. The molecule has 1 aliphatic rings. The van der Waals surface area contributed by atoms with Gasteiger partial charge in [0.2, 0.25) is 0 Å². The van der Waals surface area contributed by atoms with Gasteiger partial charge in [0.15, 0.2) is 0 Å². The molecule has 0 aliphatic carbocycles. The summed E-state index contributed by atoms with van der Waals surface area (Å²) in [5, 5.41) is 3.42. The Hall–Kier alpha value is -0.800. The standard InChI is InChI=1S/C14H18BrNO/c1-17-14-5-4-12(10-13(14)15)9-11-3-2-7-16-8-6-11/h4-5,9-10,16H,2-3,6-8H2,1H3/b11-9-. The van der Waals surface area contributed by atoms with Crippen LogP contribution in [0.25, 0.3) is 6.08 Å². The molecule has 1 fully saturated rings. The fourth-order valence-electron chi connectivity index (χ4n) is 2.09. The van der Waals surface area contributed by atoms with Gasteiger partial charge in [-0.2, -0.15) is 0 Å². The van der Waals surface area contributed by atoms with Crippen molar-refractivity contribution in [3.63, 3.8) is 0 Å². The molecule has 0 amide bonds. The first-order valence-corrected chi connectivity index (χ1v) is 6.82. The molecule has 1 aromatic carbocycles. The molecule has 0 radical (unpaired) electrons. The van der Waals surface area contributed by atoms with E-state index in [1.54, 1.807) is 7.11 Å². The van der Waals surface area contributed by atoms with Crippen molar-refractivity contribution in [1.82, 2.24) is 5.32 Å². The predicted octanol–water partition coefficient (Wildman–Crippen LogP) is 3.61. The van der Waals surface area contributed by atoms with Crippen molar-refractivity contribution in [3.05, 3.63) is 33.8 Å². The van der Waals surface area contributed by atoms with Gasteiger partial charge in [0.1, 0.15) is 5.75 Å². The lowest BCUT2D eigenvalue weighted by Gasteiger charge is -2.06. The number of nitrogens with one attached hydrogen (secondary N) is 1. The molecule has 3 heteroatoms. The van der Waals surface area contributed by atoms with E-state index in [1.165, 1.54) is 24.0 Å². The Morgan fingerprint density at radius 3 is 2.94 bits per heavy atom. The average molecular weight is 296 g/mol. The van der Waals surface area contributed by atoms with Gasteiger partial charge in [0, 0.05) is 0 Å². The van der Waals surface area contributed by atoms with E-state index in [4.69, 9.17) is 4.74 Å². The number of hydrogen-bond acceptors (Lipinski definition) is 2. The normalized spacial score (nSPS) is 19.1. The Morgan fingerprint density at radius 1 is 1.29 bits per heavy atom. The highest BCUT2D eigenvalue weighted by Crippen LogP contribution is 2.27. The van der Waals surface area contributed by atoms with E-state index in [0.717, 1.165) is 29.7 Å². The summed E-state index contributed by atoms with van der Waals surface area (Å²) in [7, 11) is 1.69. The molecule has 0 spiro atoms. The van der Waals surface area contributed by atoms with Crippen LogP contribution in [0.2, 0.25) is 0 Å². The summed E-state index contributed by atoms with van der Waals surface area (Å²) in [6, 6.07) is 6.23. The predicted molar refractivity (Wildman–Crippen MR) is 75.4 cm³/mol. The monoisotopic (exact) mass is 295 g/mol. The second-order valence-corrected chi connectivity index (χ2v) is 5.15. The van der Waals surface area contributed by atoms with Crippen LogP contribution in [0, 0.1) is 0 Å². The van der Waals surface area contributed by atoms with Crippen LogP contribution in [0.5, 0.6) is 5.75 Å². The molecule has 0 aromatic heterocycles. The number of methoxy groups -OCH3 is 1. The smallest absolute Gasteiger partial charge is 0.133 e. The number of hydrogen-bond donors (Lipinski definition) is 1. The number of rotatable bonds is 2. The van der Waals surface area contributed by atoms with Crippen molar-refractivity contribution < 1.29 is 4.74 Å². The van der Waals surface area contributed by atoms with Crippen LogP contribution in [0.4, 0.5) is 0 Å². The number of benzene rings is 1. The molecule has 0 unspecified atom stereocenters. The lowest BCUT2D eigenvalue weighted by molar-refractivity contribution is 0.412. The zero-order valence-corrected chi connectivity index (χ0v) is 11.7. The zero-order valence-electron chi connectivity index (χ0n) is 10.1. The lowest BCUT2D eigenvalue weighted by Crippen LogP contribution is -2.13. The Labute approximate surface area is 111 Å². The maximum atomic E-state index is 5.23. The summed E-state index contributed by atoms with van der Waals surface area (Å²) >= 11 is 3.52. The van der Waals surface area contributed by atoms with E-state index in [-0.39, 0.29) is 0 Å². The fraction of sp³-hybridized carbons (Fsp3) is 0.429. The second-order valence-electron chi connectivity index (χ2n) is 4.30. The molecular formula is C14H18BrNO.